The number of hydrogen-bond acceptors (Lipinski definition) is 3. The Hall–Kier alpha value is -1.88. The van der Waals surface area contributed by atoms with E-state index in [2.05, 4.69) is 10.6 Å². The third kappa shape index (κ3) is 5.64. The quantitative estimate of drug-likeness (QED) is 0.767. The van der Waals surface area contributed by atoms with Crippen molar-refractivity contribution in [3.05, 3.63) is 35.9 Å². The molecule has 1 saturated heterocycles. The van der Waals surface area contributed by atoms with Gasteiger partial charge in [-0.3, -0.25) is 9.59 Å². The highest BCUT2D eigenvalue weighted by atomic mass is 16.5. The molecular formula is C19H28N2O3. The maximum Gasteiger partial charge on any atom is 0.242 e. The number of nitrogens with one attached hydrogen (secondary N) is 2. The van der Waals surface area contributed by atoms with Crippen molar-refractivity contribution >= 4 is 11.8 Å². The van der Waals surface area contributed by atoms with E-state index in [4.69, 9.17) is 4.74 Å². The molecule has 0 aliphatic carbocycles. The van der Waals surface area contributed by atoms with Gasteiger partial charge in [-0.2, -0.15) is 0 Å². The molecule has 1 aromatic rings. The Morgan fingerprint density at radius 1 is 1.25 bits per heavy atom. The van der Waals surface area contributed by atoms with Crippen molar-refractivity contribution in [1.82, 2.24) is 10.6 Å². The van der Waals surface area contributed by atoms with Gasteiger partial charge in [-0.25, -0.2) is 0 Å². The molecule has 0 aromatic heterocycles. The van der Waals surface area contributed by atoms with Crippen LogP contribution in [0.3, 0.4) is 0 Å². The molecule has 132 valence electrons. The molecule has 2 N–H and O–H groups in total. The van der Waals surface area contributed by atoms with Gasteiger partial charge in [0.05, 0.1) is 18.6 Å². The summed E-state index contributed by atoms with van der Waals surface area (Å²) in [5, 5.41) is 5.87. The summed E-state index contributed by atoms with van der Waals surface area (Å²) in [6.45, 7) is 4.73. The van der Waals surface area contributed by atoms with Crippen LogP contribution in [0.4, 0.5) is 0 Å². The monoisotopic (exact) mass is 332 g/mol. The molecule has 0 bridgehead atoms. The maximum absolute atomic E-state index is 12.5. The smallest absolute Gasteiger partial charge is 0.242 e. The summed E-state index contributed by atoms with van der Waals surface area (Å²) in [5.74, 6) is -0.249. The molecule has 2 rings (SSSR count). The van der Waals surface area contributed by atoms with Crippen molar-refractivity contribution in [2.45, 2.75) is 64.1 Å². The fraction of sp³-hybridized carbons (Fsp3) is 0.579. The molecule has 1 aromatic carbocycles. The molecule has 1 fully saturated rings. The zero-order chi connectivity index (χ0) is 17.4. The first kappa shape index (κ1) is 18.5. The Labute approximate surface area is 144 Å². The lowest BCUT2D eigenvalue weighted by Gasteiger charge is -2.24. The summed E-state index contributed by atoms with van der Waals surface area (Å²) in [4.78, 5) is 24.7. The molecule has 24 heavy (non-hydrogen) atoms. The van der Waals surface area contributed by atoms with E-state index in [0.29, 0.717) is 6.42 Å². The van der Waals surface area contributed by atoms with Crippen LogP contribution < -0.4 is 10.6 Å². The second-order valence-electron chi connectivity index (χ2n) is 6.42. The van der Waals surface area contributed by atoms with Gasteiger partial charge in [0.25, 0.3) is 0 Å². The Balaban J connectivity index is 1.87. The van der Waals surface area contributed by atoms with Crippen LogP contribution in [0, 0.1) is 0 Å². The van der Waals surface area contributed by atoms with E-state index in [0.717, 1.165) is 31.4 Å². The predicted molar refractivity (Wildman–Crippen MR) is 93.6 cm³/mol. The second-order valence-corrected chi connectivity index (χ2v) is 6.42. The van der Waals surface area contributed by atoms with Gasteiger partial charge in [0, 0.05) is 6.61 Å². The highest BCUT2D eigenvalue weighted by molar-refractivity contribution is 5.88. The zero-order valence-electron chi connectivity index (χ0n) is 14.6. The Morgan fingerprint density at radius 3 is 2.62 bits per heavy atom. The van der Waals surface area contributed by atoms with E-state index in [9.17, 15) is 9.59 Å². The van der Waals surface area contributed by atoms with Crippen molar-refractivity contribution in [3.63, 3.8) is 0 Å². The van der Waals surface area contributed by atoms with Crippen molar-refractivity contribution < 1.29 is 14.3 Å². The SMILES string of the molecule is CCC[C@H](NC(=O)Cc1ccccc1)C(=O)N[C@@H](C)[C@H]1CCCO1. The standard InChI is InChI=1S/C19H28N2O3/c1-3-8-16(19(23)20-14(2)17-11-7-12-24-17)21-18(22)13-15-9-5-4-6-10-15/h4-6,9-10,14,16-17H,3,7-8,11-13H2,1-2H3,(H,20,23)(H,21,22)/t14-,16-,17+/m0/s1. The lowest BCUT2D eigenvalue weighted by molar-refractivity contribution is -0.129. The molecule has 0 radical (unpaired) electrons. The topological polar surface area (TPSA) is 67.4 Å². The summed E-state index contributed by atoms with van der Waals surface area (Å²) >= 11 is 0. The summed E-state index contributed by atoms with van der Waals surface area (Å²) in [6, 6.07) is 9.02. The Kier molecular flexibility index (Phi) is 7.25. The van der Waals surface area contributed by atoms with E-state index in [1.807, 2.05) is 44.2 Å². The largest absolute Gasteiger partial charge is 0.376 e. The third-order valence-electron chi connectivity index (χ3n) is 4.33. The molecule has 5 nitrogen and oxygen atoms in total. The first-order valence-electron chi connectivity index (χ1n) is 8.85. The molecule has 0 unspecified atom stereocenters. The summed E-state index contributed by atoms with van der Waals surface area (Å²) in [5.41, 5.74) is 0.943. The van der Waals surface area contributed by atoms with Crippen LogP contribution in [0.5, 0.6) is 0 Å². The highest BCUT2D eigenvalue weighted by Gasteiger charge is 2.27. The second kappa shape index (κ2) is 9.42. The molecule has 0 saturated carbocycles. The first-order chi connectivity index (χ1) is 11.6. The molecule has 1 aliphatic rings. The van der Waals surface area contributed by atoms with Crippen LogP contribution in [0.25, 0.3) is 0 Å². The Bertz CT molecular complexity index is 527. The molecule has 3 atom stereocenters. The number of benzene rings is 1. The number of carbonyl (C=O) groups excluding carboxylic acids is 2. The van der Waals surface area contributed by atoms with Gasteiger partial charge in [-0.1, -0.05) is 43.7 Å². The lowest BCUT2D eigenvalue weighted by atomic mass is 10.1. The van der Waals surface area contributed by atoms with E-state index >= 15 is 0 Å². The van der Waals surface area contributed by atoms with Gasteiger partial charge in [-0.15, -0.1) is 0 Å². The number of amides is 2. The molecule has 0 spiro atoms. The Morgan fingerprint density at radius 2 is 2.00 bits per heavy atom. The van der Waals surface area contributed by atoms with Gasteiger partial charge < -0.3 is 15.4 Å². The minimum Gasteiger partial charge on any atom is -0.376 e. The fourth-order valence-corrected chi connectivity index (χ4v) is 3.00. The van der Waals surface area contributed by atoms with Gasteiger partial charge in [0.15, 0.2) is 0 Å². The van der Waals surface area contributed by atoms with Crippen LogP contribution >= 0.6 is 0 Å². The average molecular weight is 332 g/mol. The van der Waals surface area contributed by atoms with Crippen LogP contribution in [-0.4, -0.2) is 36.6 Å². The van der Waals surface area contributed by atoms with Crippen LogP contribution in [-0.2, 0) is 20.7 Å². The molecule has 1 aliphatic heterocycles. The minimum absolute atomic E-state index is 0.0367. The predicted octanol–water partition coefficient (Wildman–Crippen LogP) is 2.20. The summed E-state index contributed by atoms with van der Waals surface area (Å²) in [6.07, 6.45) is 3.84. The van der Waals surface area contributed by atoms with Gasteiger partial charge >= 0.3 is 0 Å². The number of hydrogen-bond donors (Lipinski definition) is 2. The third-order valence-corrected chi connectivity index (χ3v) is 4.33. The van der Waals surface area contributed by atoms with Crippen LogP contribution in [0.15, 0.2) is 30.3 Å². The highest BCUT2D eigenvalue weighted by Crippen LogP contribution is 2.15. The number of rotatable bonds is 8. The van der Waals surface area contributed by atoms with E-state index in [1.54, 1.807) is 0 Å². The molecule has 1 heterocycles. The van der Waals surface area contributed by atoms with Crippen molar-refractivity contribution in [1.29, 1.82) is 0 Å². The average Bonchev–Trinajstić information content (AvgIpc) is 3.10. The van der Waals surface area contributed by atoms with E-state index in [-0.39, 0.29) is 30.4 Å². The zero-order valence-corrected chi connectivity index (χ0v) is 14.6. The number of carbonyl (C=O) groups is 2. The minimum atomic E-state index is -0.491. The van der Waals surface area contributed by atoms with Crippen LogP contribution in [0.1, 0.15) is 45.1 Å². The molecular weight excluding hydrogens is 304 g/mol. The first-order valence-corrected chi connectivity index (χ1v) is 8.85. The van der Waals surface area contributed by atoms with Crippen LogP contribution in [0.2, 0.25) is 0 Å². The van der Waals surface area contributed by atoms with E-state index in [1.165, 1.54) is 0 Å². The molecule has 5 heteroatoms. The normalized spacial score (nSPS) is 19.5. The number of ether oxygens (including phenoxy) is 1. The molecule has 2 amide bonds. The van der Waals surface area contributed by atoms with Gasteiger partial charge in [0.1, 0.15) is 6.04 Å². The summed E-state index contributed by atoms with van der Waals surface area (Å²) in [7, 11) is 0. The van der Waals surface area contributed by atoms with Gasteiger partial charge in [-0.05, 0) is 31.7 Å². The van der Waals surface area contributed by atoms with Gasteiger partial charge in [0.2, 0.25) is 11.8 Å². The van der Waals surface area contributed by atoms with Crippen molar-refractivity contribution in [2.75, 3.05) is 6.61 Å². The lowest BCUT2D eigenvalue weighted by Crippen LogP contribution is -2.51. The van der Waals surface area contributed by atoms with E-state index < -0.39 is 6.04 Å². The van der Waals surface area contributed by atoms with Crippen molar-refractivity contribution in [2.24, 2.45) is 0 Å². The fourth-order valence-electron chi connectivity index (χ4n) is 3.00. The van der Waals surface area contributed by atoms with Crippen molar-refractivity contribution in [3.8, 4) is 0 Å². The summed E-state index contributed by atoms with van der Waals surface area (Å²) < 4.78 is 5.61. The maximum atomic E-state index is 12.5.